The van der Waals surface area contributed by atoms with Gasteiger partial charge in [-0.15, -0.1) is 0 Å². The summed E-state index contributed by atoms with van der Waals surface area (Å²) in [6, 6.07) is 5.76. The maximum Gasteiger partial charge on any atom is 0.343 e. The zero-order chi connectivity index (χ0) is 17.0. The van der Waals surface area contributed by atoms with Crippen LogP contribution in [0.3, 0.4) is 0 Å². The largest absolute Gasteiger partial charge is 0.449 e. The first kappa shape index (κ1) is 16.9. The van der Waals surface area contributed by atoms with Gasteiger partial charge in [-0.3, -0.25) is 4.79 Å². The quantitative estimate of drug-likeness (QED) is 0.820. The fraction of sp³-hybridized carbons (Fsp3) is 0.267. The molecule has 122 valence electrons. The van der Waals surface area contributed by atoms with E-state index in [4.69, 9.17) is 4.74 Å². The first-order chi connectivity index (χ1) is 10.9. The standard InChI is InChI=1S/C15H16FN3O3S/c1-8-12(14(17-3)23-19-8)15(21)22-9(2)13(20)18-11-7-5-4-6-10(11)16/h4-7,9,17H,1-3H3,(H,18,20). The fourth-order valence-electron chi connectivity index (χ4n) is 1.85. The van der Waals surface area contributed by atoms with Gasteiger partial charge in [-0.1, -0.05) is 12.1 Å². The maximum absolute atomic E-state index is 13.5. The van der Waals surface area contributed by atoms with Gasteiger partial charge in [0.05, 0.1) is 11.4 Å². The Labute approximate surface area is 136 Å². The van der Waals surface area contributed by atoms with E-state index in [2.05, 4.69) is 15.0 Å². The zero-order valence-corrected chi connectivity index (χ0v) is 13.7. The Morgan fingerprint density at radius 3 is 2.70 bits per heavy atom. The number of carbonyl (C=O) groups is 2. The Morgan fingerprint density at radius 2 is 2.04 bits per heavy atom. The summed E-state index contributed by atoms with van der Waals surface area (Å²) in [6.07, 6.45) is -1.08. The number of aryl methyl sites for hydroxylation is 1. The molecule has 8 heteroatoms. The van der Waals surface area contributed by atoms with E-state index in [0.29, 0.717) is 16.3 Å². The summed E-state index contributed by atoms with van der Waals surface area (Å²) in [6.45, 7) is 3.10. The molecule has 0 fully saturated rings. The van der Waals surface area contributed by atoms with Gasteiger partial charge in [0.15, 0.2) is 6.10 Å². The van der Waals surface area contributed by atoms with Crippen LogP contribution in [0.2, 0.25) is 0 Å². The second-order valence-electron chi connectivity index (χ2n) is 4.74. The van der Waals surface area contributed by atoms with Crippen LogP contribution in [-0.4, -0.2) is 29.4 Å². The van der Waals surface area contributed by atoms with Crippen LogP contribution in [0.15, 0.2) is 24.3 Å². The molecular formula is C15H16FN3O3S. The molecule has 1 unspecified atom stereocenters. The number of carbonyl (C=O) groups excluding carboxylic acids is 2. The summed E-state index contributed by atoms with van der Waals surface area (Å²) < 4.78 is 22.7. The Morgan fingerprint density at radius 1 is 1.35 bits per heavy atom. The van der Waals surface area contributed by atoms with Crippen molar-refractivity contribution in [2.45, 2.75) is 20.0 Å². The lowest BCUT2D eigenvalue weighted by molar-refractivity contribution is -0.123. The number of rotatable bonds is 5. The molecule has 0 aliphatic heterocycles. The number of para-hydroxylation sites is 1. The molecule has 2 aromatic rings. The van der Waals surface area contributed by atoms with Crippen LogP contribution in [-0.2, 0) is 9.53 Å². The summed E-state index contributed by atoms with van der Waals surface area (Å²) >= 11 is 1.13. The summed E-state index contributed by atoms with van der Waals surface area (Å²) in [5.41, 5.74) is 0.846. The highest BCUT2D eigenvalue weighted by atomic mass is 32.1. The average Bonchev–Trinajstić information content (AvgIpc) is 2.90. The molecule has 23 heavy (non-hydrogen) atoms. The van der Waals surface area contributed by atoms with E-state index in [1.165, 1.54) is 25.1 Å². The van der Waals surface area contributed by atoms with E-state index in [9.17, 15) is 14.0 Å². The zero-order valence-electron chi connectivity index (χ0n) is 12.8. The number of nitrogens with zero attached hydrogens (tertiary/aromatic N) is 1. The average molecular weight is 337 g/mol. The normalized spacial score (nSPS) is 11.7. The Kier molecular flexibility index (Phi) is 5.28. The summed E-state index contributed by atoms with van der Waals surface area (Å²) in [5, 5.41) is 5.80. The van der Waals surface area contributed by atoms with Crippen LogP contribution >= 0.6 is 11.5 Å². The highest BCUT2D eigenvalue weighted by Gasteiger charge is 2.24. The SMILES string of the molecule is CNc1snc(C)c1C(=O)OC(C)C(=O)Nc1ccccc1F. The molecule has 0 saturated heterocycles. The number of anilines is 2. The second kappa shape index (κ2) is 7.19. The lowest BCUT2D eigenvalue weighted by atomic mass is 10.2. The van der Waals surface area contributed by atoms with Crippen LogP contribution in [0.4, 0.5) is 15.1 Å². The van der Waals surface area contributed by atoms with Gasteiger partial charge >= 0.3 is 5.97 Å². The van der Waals surface area contributed by atoms with Crippen molar-refractivity contribution in [1.29, 1.82) is 0 Å². The van der Waals surface area contributed by atoms with Gasteiger partial charge < -0.3 is 15.4 Å². The number of aromatic nitrogens is 1. The predicted molar refractivity (Wildman–Crippen MR) is 86.3 cm³/mol. The van der Waals surface area contributed by atoms with Crippen molar-refractivity contribution >= 4 is 34.1 Å². The van der Waals surface area contributed by atoms with Crippen molar-refractivity contribution in [3.63, 3.8) is 0 Å². The number of ether oxygens (including phenoxy) is 1. The smallest absolute Gasteiger partial charge is 0.343 e. The van der Waals surface area contributed by atoms with E-state index in [0.717, 1.165) is 11.5 Å². The summed E-state index contributed by atoms with van der Waals surface area (Å²) in [7, 11) is 1.66. The van der Waals surface area contributed by atoms with Crippen LogP contribution in [0.5, 0.6) is 0 Å². The van der Waals surface area contributed by atoms with Gasteiger partial charge in [0.1, 0.15) is 16.4 Å². The highest BCUT2D eigenvalue weighted by Crippen LogP contribution is 2.25. The third-order valence-electron chi connectivity index (χ3n) is 3.08. The minimum absolute atomic E-state index is 0.0321. The van der Waals surface area contributed by atoms with Crippen molar-refractivity contribution in [2.24, 2.45) is 0 Å². The maximum atomic E-state index is 13.5. The molecular weight excluding hydrogens is 321 g/mol. The molecule has 1 heterocycles. The Hall–Kier alpha value is -2.48. The van der Waals surface area contributed by atoms with Crippen LogP contribution in [0.25, 0.3) is 0 Å². The first-order valence-corrected chi connectivity index (χ1v) is 7.61. The van der Waals surface area contributed by atoms with Crippen molar-refractivity contribution in [3.8, 4) is 0 Å². The highest BCUT2D eigenvalue weighted by molar-refractivity contribution is 7.10. The van der Waals surface area contributed by atoms with Crippen LogP contribution in [0, 0.1) is 12.7 Å². The Bertz CT molecular complexity index is 733. The van der Waals surface area contributed by atoms with E-state index in [-0.39, 0.29) is 5.69 Å². The number of benzene rings is 1. The molecule has 1 atom stereocenters. The topological polar surface area (TPSA) is 80.3 Å². The van der Waals surface area contributed by atoms with Gasteiger partial charge in [-0.05, 0) is 37.5 Å². The third-order valence-corrected chi connectivity index (χ3v) is 4.03. The van der Waals surface area contributed by atoms with Gasteiger partial charge in [0, 0.05) is 7.05 Å². The van der Waals surface area contributed by atoms with Gasteiger partial charge in [0.2, 0.25) is 0 Å². The molecule has 2 rings (SSSR count). The molecule has 1 amide bonds. The molecule has 2 N–H and O–H groups in total. The minimum Gasteiger partial charge on any atom is -0.449 e. The molecule has 0 saturated carbocycles. The minimum atomic E-state index is -1.08. The number of hydrogen-bond donors (Lipinski definition) is 2. The van der Waals surface area contributed by atoms with Crippen molar-refractivity contribution in [3.05, 3.63) is 41.3 Å². The number of nitrogens with one attached hydrogen (secondary N) is 2. The van der Waals surface area contributed by atoms with Crippen LogP contribution < -0.4 is 10.6 Å². The lowest BCUT2D eigenvalue weighted by Crippen LogP contribution is -2.30. The lowest BCUT2D eigenvalue weighted by Gasteiger charge is -2.14. The first-order valence-electron chi connectivity index (χ1n) is 6.84. The van der Waals surface area contributed by atoms with Crippen LogP contribution in [0.1, 0.15) is 23.0 Å². The molecule has 0 aliphatic carbocycles. The number of hydrogen-bond acceptors (Lipinski definition) is 6. The fourth-order valence-corrected chi connectivity index (χ4v) is 2.58. The van der Waals surface area contributed by atoms with Crippen molar-refractivity contribution < 1.29 is 18.7 Å². The molecule has 6 nitrogen and oxygen atoms in total. The third kappa shape index (κ3) is 3.84. The summed E-state index contributed by atoms with van der Waals surface area (Å²) in [5.74, 6) is -1.83. The van der Waals surface area contributed by atoms with E-state index in [1.807, 2.05) is 0 Å². The molecule has 0 bridgehead atoms. The number of halogens is 1. The van der Waals surface area contributed by atoms with Gasteiger partial charge in [0.25, 0.3) is 5.91 Å². The molecule has 0 spiro atoms. The van der Waals surface area contributed by atoms with Gasteiger partial charge in [-0.25, -0.2) is 9.18 Å². The number of esters is 1. The Balaban J connectivity index is 2.05. The van der Waals surface area contributed by atoms with Crippen molar-refractivity contribution in [2.75, 3.05) is 17.7 Å². The monoisotopic (exact) mass is 337 g/mol. The molecule has 0 radical (unpaired) electrons. The van der Waals surface area contributed by atoms with E-state index >= 15 is 0 Å². The molecule has 0 aliphatic rings. The number of amides is 1. The predicted octanol–water partition coefficient (Wildman–Crippen LogP) is 2.82. The second-order valence-corrected chi connectivity index (χ2v) is 5.51. The van der Waals surface area contributed by atoms with Crippen molar-refractivity contribution in [1.82, 2.24) is 4.37 Å². The van der Waals surface area contributed by atoms with E-state index in [1.54, 1.807) is 20.0 Å². The summed E-state index contributed by atoms with van der Waals surface area (Å²) in [4.78, 5) is 24.2. The molecule has 1 aromatic carbocycles. The van der Waals surface area contributed by atoms with Gasteiger partial charge in [-0.2, -0.15) is 4.37 Å². The van der Waals surface area contributed by atoms with E-state index < -0.39 is 23.8 Å². The molecule has 1 aromatic heterocycles.